The number of nitrogens with two attached hydrogens (primary N) is 2. The number of halogens is 3. The van der Waals surface area contributed by atoms with Gasteiger partial charge in [-0.3, -0.25) is 19.5 Å². The number of amides is 1. The van der Waals surface area contributed by atoms with Crippen molar-refractivity contribution in [3.05, 3.63) is 65.4 Å². The van der Waals surface area contributed by atoms with Gasteiger partial charge in [-0.2, -0.15) is 5.10 Å². The Labute approximate surface area is 229 Å². The van der Waals surface area contributed by atoms with Crippen molar-refractivity contribution in [2.24, 2.45) is 18.6 Å². The highest BCUT2D eigenvalue weighted by Crippen LogP contribution is 2.30. The van der Waals surface area contributed by atoms with Crippen LogP contribution in [-0.2, 0) is 7.05 Å². The first kappa shape index (κ1) is 28.7. The number of anilines is 3. The molecule has 1 aliphatic rings. The van der Waals surface area contributed by atoms with Crippen LogP contribution in [0.2, 0.25) is 0 Å². The van der Waals surface area contributed by atoms with Gasteiger partial charge in [-0.05, 0) is 39.1 Å². The van der Waals surface area contributed by atoms with Gasteiger partial charge in [0.1, 0.15) is 5.75 Å². The number of hydrazine groups is 1. The number of hydrogen-bond acceptors (Lipinski definition) is 9. The maximum Gasteiger partial charge on any atom is 0.573 e. The highest BCUT2D eigenvalue weighted by Gasteiger charge is 2.32. The standard InChI is InChI=1S/C26H32F3N9O2/c1-16-24(38(31)15-23(30)22-14-33-36(4)17(22)2)11-19(13-32-16)34-25(39)18-9-20(37-7-5-35(3)6-8-37)12-21(10-18)40-26(27,28)29/h9-15H,5-8,30-31H2,1-4H3,(H,34,39)/b23-15-. The Kier molecular flexibility index (Phi) is 8.21. The molecule has 3 aromatic rings. The van der Waals surface area contributed by atoms with E-state index in [1.54, 1.807) is 37.0 Å². The zero-order chi connectivity index (χ0) is 29.2. The summed E-state index contributed by atoms with van der Waals surface area (Å²) in [6.45, 7) is 6.27. The molecule has 11 nitrogen and oxygen atoms in total. The van der Waals surface area contributed by atoms with Gasteiger partial charge >= 0.3 is 6.36 Å². The molecule has 0 atom stereocenters. The fourth-order valence-electron chi connectivity index (χ4n) is 4.28. The van der Waals surface area contributed by atoms with Gasteiger partial charge in [0.2, 0.25) is 0 Å². The Morgan fingerprint density at radius 1 is 1.10 bits per heavy atom. The molecule has 1 amide bonds. The molecule has 5 N–H and O–H groups in total. The first-order valence-electron chi connectivity index (χ1n) is 12.4. The number of carbonyl (C=O) groups is 1. The normalized spacial score (nSPS) is 14.8. The van der Waals surface area contributed by atoms with Crippen LogP contribution < -0.4 is 31.5 Å². The lowest BCUT2D eigenvalue weighted by molar-refractivity contribution is -0.274. The van der Waals surface area contributed by atoms with Crippen LogP contribution in [0.15, 0.2) is 42.9 Å². The minimum absolute atomic E-state index is 0.00130. The van der Waals surface area contributed by atoms with Crippen LogP contribution in [0, 0.1) is 13.8 Å². The highest BCUT2D eigenvalue weighted by atomic mass is 19.4. The third kappa shape index (κ3) is 6.82. The summed E-state index contributed by atoms with van der Waals surface area (Å²) in [7, 11) is 3.77. The van der Waals surface area contributed by atoms with Crippen molar-refractivity contribution in [2.45, 2.75) is 20.2 Å². The van der Waals surface area contributed by atoms with Gasteiger partial charge in [-0.25, -0.2) is 5.84 Å². The first-order valence-corrected chi connectivity index (χ1v) is 12.4. The van der Waals surface area contributed by atoms with Gasteiger partial charge in [-0.1, -0.05) is 0 Å². The summed E-state index contributed by atoms with van der Waals surface area (Å²) in [5.41, 5.74) is 9.93. The molecule has 1 saturated heterocycles. The van der Waals surface area contributed by atoms with Crippen LogP contribution in [0.5, 0.6) is 5.75 Å². The van der Waals surface area contributed by atoms with E-state index >= 15 is 0 Å². The predicted octanol–water partition coefficient (Wildman–Crippen LogP) is 2.97. The number of alkyl halides is 3. The second-order valence-corrected chi connectivity index (χ2v) is 9.60. The fraction of sp³-hybridized carbons (Fsp3) is 0.346. The zero-order valence-corrected chi connectivity index (χ0v) is 22.7. The topological polar surface area (TPSA) is 131 Å². The summed E-state index contributed by atoms with van der Waals surface area (Å²) in [6.07, 6.45) is -0.331. The number of benzene rings is 1. The monoisotopic (exact) mass is 559 g/mol. The summed E-state index contributed by atoms with van der Waals surface area (Å²) in [6, 6.07) is 5.48. The van der Waals surface area contributed by atoms with Crippen LogP contribution >= 0.6 is 0 Å². The number of aromatic nitrogens is 3. The molecule has 1 fully saturated rings. The molecule has 0 bridgehead atoms. The Hall–Kier alpha value is -4.30. The smallest absolute Gasteiger partial charge is 0.406 e. The van der Waals surface area contributed by atoms with E-state index in [0.717, 1.165) is 24.8 Å². The first-order chi connectivity index (χ1) is 18.8. The van der Waals surface area contributed by atoms with Gasteiger partial charge in [0, 0.05) is 68.0 Å². The number of likely N-dealkylation sites (N-methyl/N-ethyl adjacent to an activating group) is 1. The third-order valence-electron chi connectivity index (χ3n) is 6.68. The molecule has 0 saturated carbocycles. The molecular weight excluding hydrogens is 527 g/mol. The molecule has 40 heavy (non-hydrogen) atoms. The van der Waals surface area contributed by atoms with E-state index in [0.29, 0.717) is 41.4 Å². The van der Waals surface area contributed by atoms with Crippen molar-refractivity contribution < 1.29 is 22.7 Å². The molecule has 0 radical (unpaired) electrons. The summed E-state index contributed by atoms with van der Waals surface area (Å²) in [4.78, 5) is 21.5. The summed E-state index contributed by atoms with van der Waals surface area (Å²) >= 11 is 0. The molecule has 14 heteroatoms. The Bertz CT molecular complexity index is 1410. The van der Waals surface area contributed by atoms with Crippen molar-refractivity contribution >= 4 is 28.7 Å². The molecule has 1 aliphatic heterocycles. The quantitative estimate of drug-likeness (QED) is 0.295. The van der Waals surface area contributed by atoms with Crippen LogP contribution in [0.1, 0.15) is 27.3 Å². The second-order valence-electron chi connectivity index (χ2n) is 9.60. The molecule has 4 rings (SSSR count). The number of ether oxygens (including phenoxy) is 1. The Morgan fingerprint density at radius 2 is 1.80 bits per heavy atom. The van der Waals surface area contributed by atoms with Crippen molar-refractivity contribution in [2.75, 3.05) is 48.5 Å². The minimum Gasteiger partial charge on any atom is -0.406 e. The van der Waals surface area contributed by atoms with E-state index in [2.05, 4.69) is 25.0 Å². The fourth-order valence-corrected chi connectivity index (χ4v) is 4.28. The largest absolute Gasteiger partial charge is 0.573 e. The van der Waals surface area contributed by atoms with E-state index in [1.807, 2.05) is 18.9 Å². The van der Waals surface area contributed by atoms with Crippen LogP contribution in [0.4, 0.5) is 30.2 Å². The molecule has 0 aliphatic carbocycles. The van der Waals surface area contributed by atoms with E-state index in [4.69, 9.17) is 11.6 Å². The van der Waals surface area contributed by atoms with Crippen molar-refractivity contribution in [3.63, 3.8) is 0 Å². The molecular formula is C26H32F3N9O2. The Morgan fingerprint density at radius 3 is 2.42 bits per heavy atom. The summed E-state index contributed by atoms with van der Waals surface area (Å²) in [5.74, 6) is 5.15. The lowest BCUT2D eigenvalue weighted by Gasteiger charge is -2.34. The van der Waals surface area contributed by atoms with E-state index in [9.17, 15) is 18.0 Å². The maximum absolute atomic E-state index is 13.2. The number of piperazine rings is 1. The second kappa shape index (κ2) is 11.4. The summed E-state index contributed by atoms with van der Waals surface area (Å²) < 4.78 is 45.0. The zero-order valence-electron chi connectivity index (χ0n) is 22.7. The van der Waals surface area contributed by atoms with Crippen LogP contribution in [0.25, 0.3) is 5.70 Å². The third-order valence-corrected chi connectivity index (χ3v) is 6.68. The average Bonchev–Trinajstić information content (AvgIpc) is 3.22. The van der Waals surface area contributed by atoms with Gasteiger partial charge in [0.05, 0.1) is 35.2 Å². The van der Waals surface area contributed by atoms with Crippen molar-refractivity contribution in [1.29, 1.82) is 0 Å². The molecule has 1 aromatic carbocycles. The molecule has 0 unspecified atom stereocenters. The lowest BCUT2D eigenvalue weighted by atomic mass is 10.1. The van der Waals surface area contributed by atoms with Gasteiger partial charge in [-0.15, -0.1) is 13.2 Å². The number of aryl methyl sites for hydroxylation is 2. The Balaban J connectivity index is 1.58. The highest BCUT2D eigenvalue weighted by molar-refractivity contribution is 6.05. The average molecular weight is 560 g/mol. The molecule has 214 valence electrons. The molecule has 3 heterocycles. The van der Waals surface area contributed by atoms with Crippen LogP contribution in [0.3, 0.4) is 0 Å². The van der Waals surface area contributed by atoms with Gasteiger partial charge in [0.15, 0.2) is 0 Å². The number of pyridine rings is 1. The minimum atomic E-state index is -4.90. The molecule has 2 aromatic heterocycles. The van der Waals surface area contributed by atoms with Crippen LogP contribution in [-0.4, -0.2) is 65.2 Å². The van der Waals surface area contributed by atoms with E-state index < -0.39 is 18.0 Å². The number of hydrogen-bond donors (Lipinski definition) is 3. The number of carbonyl (C=O) groups excluding carboxylic acids is 1. The predicted molar refractivity (Wildman–Crippen MR) is 147 cm³/mol. The SMILES string of the molecule is Cc1ncc(NC(=O)c2cc(OC(F)(F)F)cc(N3CCN(C)CC3)c2)cc1N(N)/C=C(\N)c1cnn(C)c1C. The van der Waals surface area contributed by atoms with Crippen molar-refractivity contribution in [3.8, 4) is 5.75 Å². The molecule has 0 spiro atoms. The lowest BCUT2D eigenvalue weighted by Crippen LogP contribution is -2.44. The van der Waals surface area contributed by atoms with E-state index in [-0.39, 0.29) is 11.3 Å². The van der Waals surface area contributed by atoms with E-state index in [1.165, 1.54) is 23.5 Å². The maximum atomic E-state index is 13.2. The number of rotatable bonds is 7. The number of nitrogens with zero attached hydrogens (tertiary/aromatic N) is 6. The van der Waals surface area contributed by atoms with Gasteiger partial charge < -0.3 is 25.6 Å². The number of nitrogens with one attached hydrogen (secondary N) is 1. The summed E-state index contributed by atoms with van der Waals surface area (Å²) in [5, 5.41) is 8.15. The van der Waals surface area contributed by atoms with Crippen molar-refractivity contribution in [1.82, 2.24) is 19.7 Å². The van der Waals surface area contributed by atoms with Gasteiger partial charge in [0.25, 0.3) is 5.91 Å².